The van der Waals surface area contributed by atoms with E-state index in [4.69, 9.17) is 5.73 Å². The van der Waals surface area contributed by atoms with Crippen molar-refractivity contribution in [2.24, 2.45) is 5.73 Å². The van der Waals surface area contributed by atoms with Gasteiger partial charge in [0.1, 0.15) is 0 Å². The van der Waals surface area contributed by atoms with Gasteiger partial charge in [0, 0.05) is 23.8 Å². The summed E-state index contributed by atoms with van der Waals surface area (Å²) in [4.78, 5) is 11.7. The Morgan fingerprint density at radius 1 is 1.47 bits per heavy atom. The van der Waals surface area contributed by atoms with E-state index in [1.54, 1.807) is 0 Å². The summed E-state index contributed by atoms with van der Waals surface area (Å²) < 4.78 is 0.296. The number of carbonyl (C=O) groups is 1. The van der Waals surface area contributed by atoms with Crippen molar-refractivity contribution in [3.05, 3.63) is 0 Å². The SMILES string of the molecule is CCCC(N)CC(=O)NCC1(SC)CCCC1. The molecule has 1 aliphatic carbocycles. The van der Waals surface area contributed by atoms with Crippen molar-refractivity contribution in [2.45, 2.75) is 62.7 Å². The third-order valence-corrected chi connectivity index (χ3v) is 5.08. The predicted octanol–water partition coefficient (Wildman–Crippen LogP) is 2.30. The summed E-state index contributed by atoms with van der Waals surface area (Å²) in [6, 6.07) is 0.0220. The first-order valence-electron chi connectivity index (χ1n) is 6.69. The predicted molar refractivity (Wildman–Crippen MR) is 75.2 cm³/mol. The van der Waals surface area contributed by atoms with Crippen molar-refractivity contribution in [3.8, 4) is 0 Å². The van der Waals surface area contributed by atoms with E-state index >= 15 is 0 Å². The van der Waals surface area contributed by atoms with E-state index < -0.39 is 0 Å². The van der Waals surface area contributed by atoms with Gasteiger partial charge >= 0.3 is 0 Å². The summed E-state index contributed by atoms with van der Waals surface area (Å²) in [5.74, 6) is 0.117. The molecular weight excluding hydrogens is 232 g/mol. The van der Waals surface area contributed by atoms with Gasteiger partial charge in [0.05, 0.1) is 0 Å². The van der Waals surface area contributed by atoms with Crippen LogP contribution in [0.1, 0.15) is 51.9 Å². The van der Waals surface area contributed by atoms with Crippen LogP contribution in [0.5, 0.6) is 0 Å². The highest BCUT2D eigenvalue weighted by atomic mass is 32.2. The van der Waals surface area contributed by atoms with Crippen LogP contribution >= 0.6 is 11.8 Å². The molecule has 0 aromatic rings. The Labute approximate surface area is 109 Å². The van der Waals surface area contributed by atoms with Crippen molar-refractivity contribution in [2.75, 3.05) is 12.8 Å². The van der Waals surface area contributed by atoms with Crippen LogP contribution in [-0.4, -0.2) is 29.5 Å². The van der Waals surface area contributed by atoms with Crippen LogP contribution < -0.4 is 11.1 Å². The number of amides is 1. The zero-order chi connectivity index (χ0) is 12.7. The number of thioether (sulfide) groups is 1. The molecule has 3 N–H and O–H groups in total. The van der Waals surface area contributed by atoms with E-state index in [-0.39, 0.29) is 11.9 Å². The van der Waals surface area contributed by atoms with E-state index in [9.17, 15) is 4.79 Å². The minimum atomic E-state index is 0.0220. The Bertz CT molecular complexity index is 240. The van der Waals surface area contributed by atoms with Crippen molar-refractivity contribution in [1.29, 1.82) is 0 Å². The zero-order valence-electron chi connectivity index (χ0n) is 11.1. The molecule has 4 heteroatoms. The maximum atomic E-state index is 11.7. The second kappa shape index (κ2) is 7.27. The fourth-order valence-electron chi connectivity index (χ4n) is 2.52. The van der Waals surface area contributed by atoms with Crippen LogP contribution in [0.15, 0.2) is 0 Å². The molecule has 17 heavy (non-hydrogen) atoms. The van der Waals surface area contributed by atoms with Crippen LogP contribution in [0.25, 0.3) is 0 Å². The molecule has 0 aliphatic heterocycles. The second-order valence-corrected chi connectivity index (χ2v) is 6.40. The monoisotopic (exact) mass is 258 g/mol. The van der Waals surface area contributed by atoms with E-state index in [1.165, 1.54) is 25.7 Å². The fourth-order valence-corrected chi connectivity index (χ4v) is 3.43. The van der Waals surface area contributed by atoms with Crippen LogP contribution in [0.2, 0.25) is 0 Å². The summed E-state index contributed by atoms with van der Waals surface area (Å²) in [5.41, 5.74) is 5.87. The van der Waals surface area contributed by atoms with E-state index in [1.807, 2.05) is 11.8 Å². The molecular formula is C13H26N2OS. The molecule has 1 saturated carbocycles. The highest BCUT2D eigenvalue weighted by Crippen LogP contribution is 2.39. The van der Waals surface area contributed by atoms with Crippen LogP contribution in [0, 0.1) is 0 Å². The molecule has 0 heterocycles. The standard InChI is InChI=1S/C13H26N2OS/c1-3-6-11(14)9-12(16)15-10-13(17-2)7-4-5-8-13/h11H,3-10,14H2,1-2H3,(H,15,16). The topological polar surface area (TPSA) is 55.1 Å². The van der Waals surface area contributed by atoms with Gasteiger partial charge in [0.25, 0.3) is 0 Å². The summed E-state index contributed by atoms with van der Waals surface area (Å²) in [7, 11) is 0. The molecule has 0 spiro atoms. The van der Waals surface area contributed by atoms with Gasteiger partial charge in [-0.1, -0.05) is 26.2 Å². The maximum Gasteiger partial charge on any atom is 0.221 e. The van der Waals surface area contributed by atoms with Crippen molar-refractivity contribution < 1.29 is 4.79 Å². The smallest absolute Gasteiger partial charge is 0.221 e. The van der Waals surface area contributed by atoms with Gasteiger partial charge in [0.2, 0.25) is 5.91 Å². The molecule has 1 aliphatic rings. The lowest BCUT2D eigenvalue weighted by molar-refractivity contribution is -0.121. The van der Waals surface area contributed by atoms with Gasteiger partial charge in [-0.25, -0.2) is 0 Å². The average molecular weight is 258 g/mol. The van der Waals surface area contributed by atoms with E-state index in [0.29, 0.717) is 11.2 Å². The summed E-state index contributed by atoms with van der Waals surface area (Å²) in [6.45, 7) is 2.91. The quantitative estimate of drug-likeness (QED) is 0.736. The van der Waals surface area contributed by atoms with Gasteiger partial charge in [-0.3, -0.25) is 4.79 Å². The third kappa shape index (κ3) is 4.88. The third-order valence-electron chi connectivity index (χ3n) is 3.66. The largest absolute Gasteiger partial charge is 0.355 e. The summed E-state index contributed by atoms with van der Waals surface area (Å²) in [6.07, 6.45) is 9.66. The molecule has 0 saturated heterocycles. The summed E-state index contributed by atoms with van der Waals surface area (Å²) >= 11 is 1.91. The zero-order valence-corrected chi connectivity index (χ0v) is 11.9. The number of hydrogen-bond acceptors (Lipinski definition) is 3. The molecule has 0 radical (unpaired) electrons. The first kappa shape index (κ1) is 14.8. The molecule has 1 fully saturated rings. The Kier molecular flexibility index (Phi) is 6.34. The highest BCUT2D eigenvalue weighted by Gasteiger charge is 2.33. The minimum absolute atomic E-state index is 0.0220. The van der Waals surface area contributed by atoms with Gasteiger partial charge in [-0.15, -0.1) is 0 Å². The van der Waals surface area contributed by atoms with Crippen LogP contribution in [0.4, 0.5) is 0 Å². The van der Waals surface area contributed by atoms with Crippen molar-refractivity contribution in [1.82, 2.24) is 5.32 Å². The van der Waals surface area contributed by atoms with Crippen molar-refractivity contribution in [3.63, 3.8) is 0 Å². The minimum Gasteiger partial charge on any atom is -0.355 e. The molecule has 1 amide bonds. The van der Waals surface area contributed by atoms with E-state index in [0.717, 1.165) is 19.4 Å². The first-order chi connectivity index (χ1) is 8.12. The lowest BCUT2D eigenvalue weighted by Crippen LogP contribution is -2.40. The molecule has 1 unspecified atom stereocenters. The Morgan fingerprint density at radius 2 is 2.12 bits per heavy atom. The Hall–Kier alpha value is -0.220. The number of rotatable bonds is 7. The maximum absolute atomic E-state index is 11.7. The van der Waals surface area contributed by atoms with Gasteiger partial charge in [0.15, 0.2) is 0 Å². The van der Waals surface area contributed by atoms with Gasteiger partial charge < -0.3 is 11.1 Å². The van der Waals surface area contributed by atoms with Gasteiger partial charge in [-0.05, 0) is 25.5 Å². The lowest BCUT2D eigenvalue weighted by Gasteiger charge is -2.27. The van der Waals surface area contributed by atoms with Crippen LogP contribution in [-0.2, 0) is 4.79 Å². The molecule has 0 aromatic carbocycles. The lowest BCUT2D eigenvalue weighted by atomic mass is 10.1. The second-order valence-electron chi connectivity index (χ2n) is 5.12. The number of nitrogens with two attached hydrogens (primary N) is 1. The first-order valence-corrected chi connectivity index (χ1v) is 7.92. The average Bonchev–Trinajstić information content (AvgIpc) is 2.76. The van der Waals surface area contributed by atoms with Crippen molar-refractivity contribution >= 4 is 17.7 Å². The fraction of sp³-hybridized carbons (Fsp3) is 0.923. The number of nitrogens with one attached hydrogen (secondary N) is 1. The molecule has 1 atom stereocenters. The summed E-state index contributed by atoms with van der Waals surface area (Å²) in [5, 5.41) is 3.07. The number of carbonyl (C=O) groups excluding carboxylic acids is 1. The normalized spacial score (nSPS) is 20.2. The highest BCUT2D eigenvalue weighted by molar-refractivity contribution is 8.00. The van der Waals surface area contributed by atoms with Gasteiger partial charge in [-0.2, -0.15) is 11.8 Å². The Balaban J connectivity index is 2.27. The molecule has 3 nitrogen and oxygen atoms in total. The Morgan fingerprint density at radius 3 is 2.65 bits per heavy atom. The molecule has 0 aromatic heterocycles. The van der Waals surface area contributed by atoms with Crippen LogP contribution in [0.3, 0.4) is 0 Å². The number of hydrogen-bond donors (Lipinski definition) is 2. The molecule has 100 valence electrons. The molecule has 0 bridgehead atoms. The van der Waals surface area contributed by atoms with E-state index in [2.05, 4.69) is 18.5 Å². The molecule has 1 rings (SSSR count).